The van der Waals surface area contributed by atoms with E-state index in [0.29, 0.717) is 18.8 Å². The van der Waals surface area contributed by atoms with E-state index in [9.17, 15) is 9.65 Å². The van der Waals surface area contributed by atoms with Crippen molar-refractivity contribution in [3.05, 3.63) is 52.5 Å². The van der Waals surface area contributed by atoms with E-state index >= 15 is 0 Å². The first-order valence-electron chi connectivity index (χ1n) is 9.87. The molecular formula is C22H25FN4O. The average molecular weight is 380 g/mol. The summed E-state index contributed by atoms with van der Waals surface area (Å²) in [7, 11) is 0. The lowest BCUT2D eigenvalue weighted by atomic mass is 9.92. The van der Waals surface area contributed by atoms with Crippen molar-refractivity contribution < 1.29 is 9.13 Å². The van der Waals surface area contributed by atoms with E-state index in [4.69, 9.17) is 9.72 Å². The molecular weight excluding hydrogens is 355 g/mol. The molecule has 2 aromatic rings. The molecule has 3 heterocycles. The number of benzene rings is 1. The Hall–Kier alpha value is -2.65. The molecule has 0 N–H and O–H groups in total. The molecule has 28 heavy (non-hydrogen) atoms. The number of aromatic nitrogens is 1. The van der Waals surface area contributed by atoms with E-state index < -0.39 is 0 Å². The molecule has 0 saturated carbocycles. The zero-order valence-corrected chi connectivity index (χ0v) is 16.4. The molecule has 0 atom stereocenters. The van der Waals surface area contributed by atoms with Gasteiger partial charge in [-0.05, 0) is 42.2 Å². The first-order chi connectivity index (χ1) is 13.6. The fraction of sp³-hybridized carbons (Fsp3) is 0.455. The van der Waals surface area contributed by atoms with Crippen LogP contribution in [0.3, 0.4) is 0 Å². The van der Waals surface area contributed by atoms with Crippen molar-refractivity contribution in [2.24, 2.45) is 0 Å². The number of piperazine rings is 1. The smallest absolute Gasteiger partial charge is 0.147 e. The second-order valence-electron chi connectivity index (χ2n) is 7.67. The number of anilines is 2. The number of hydrogen-bond donors (Lipinski definition) is 0. The van der Waals surface area contributed by atoms with Crippen LogP contribution in [0, 0.1) is 17.1 Å². The van der Waals surface area contributed by atoms with Gasteiger partial charge < -0.3 is 14.5 Å². The van der Waals surface area contributed by atoms with Crippen LogP contribution in [0.1, 0.15) is 42.1 Å². The quantitative estimate of drug-likeness (QED) is 0.814. The highest BCUT2D eigenvalue weighted by molar-refractivity contribution is 5.62. The minimum Gasteiger partial charge on any atom is -0.376 e. The van der Waals surface area contributed by atoms with Gasteiger partial charge in [0, 0.05) is 37.4 Å². The largest absolute Gasteiger partial charge is 0.376 e. The molecule has 0 aliphatic carbocycles. The van der Waals surface area contributed by atoms with E-state index in [2.05, 4.69) is 29.7 Å². The highest BCUT2D eigenvalue weighted by Crippen LogP contribution is 2.33. The Balaban J connectivity index is 1.62. The Labute approximate surface area is 165 Å². The van der Waals surface area contributed by atoms with Crippen LogP contribution in [0.4, 0.5) is 15.9 Å². The number of nitriles is 1. The van der Waals surface area contributed by atoms with Crippen LogP contribution in [0.15, 0.2) is 24.3 Å². The predicted octanol–water partition coefficient (Wildman–Crippen LogP) is 3.62. The number of hydrogen-bond acceptors (Lipinski definition) is 5. The minimum absolute atomic E-state index is 0.218. The van der Waals surface area contributed by atoms with Crippen molar-refractivity contribution in [1.82, 2.24) is 4.98 Å². The van der Waals surface area contributed by atoms with Gasteiger partial charge in [0.05, 0.1) is 24.5 Å². The van der Waals surface area contributed by atoms with Crippen LogP contribution in [0.2, 0.25) is 0 Å². The summed E-state index contributed by atoms with van der Waals surface area (Å²) in [6.07, 6.45) is 0.767. The molecule has 0 spiro atoms. The van der Waals surface area contributed by atoms with E-state index in [1.54, 1.807) is 0 Å². The minimum atomic E-state index is -0.218. The summed E-state index contributed by atoms with van der Waals surface area (Å²) in [5, 5.41) is 9.89. The molecule has 1 aromatic carbocycles. The van der Waals surface area contributed by atoms with Crippen LogP contribution >= 0.6 is 0 Å². The number of ether oxygens (including phenoxy) is 1. The molecule has 4 rings (SSSR count). The number of rotatable bonds is 3. The molecule has 0 unspecified atom stereocenters. The van der Waals surface area contributed by atoms with Crippen molar-refractivity contribution >= 4 is 11.5 Å². The van der Waals surface area contributed by atoms with Gasteiger partial charge in [-0.15, -0.1) is 0 Å². The van der Waals surface area contributed by atoms with Crippen LogP contribution in [0.5, 0.6) is 0 Å². The van der Waals surface area contributed by atoms with Crippen LogP contribution in [-0.2, 0) is 17.8 Å². The maximum Gasteiger partial charge on any atom is 0.147 e. The van der Waals surface area contributed by atoms with Gasteiger partial charge >= 0.3 is 0 Å². The number of halogens is 1. The SMILES string of the molecule is CC(C)c1nc(N2CCN(c3ccc(F)cc3)CC2)c(C#N)c2c1COCC2. The van der Waals surface area contributed by atoms with Crippen molar-refractivity contribution in [2.75, 3.05) is 42.6 Å². The van der Waals surface area contributed by atoms with Gasteiger partial charge in [-0.1, -0.05) is 13.8 Å². The lowest BCUT2D eigenvalue weighted by molar-refractivity contribution is 0.109. The molecule has 2 aliphatic heterocycles. The summed E-state index contributed by atoms with van der Waals surface area (Å²) in [6, 6.07) is 9.05. The van der Waals surface area contributed by atoms with Gasteiger partial charge in [0.25, 0.3) is 0 Å². The second-order valence-corrected chi connectivity index (χ2v) is 7.67. The topological polar surface area (TPSA) is 52.4 Å². The Morgan fingerprint density at radius 3 is 2.39 bits per heavy atom. The van der Waals surface area contributed by atoms with E-state index in [-0.39, 0.29) is 11.7 Å². The molecule has 146 valence electrons. The third kappa shape index (κ3) is 3.43. The monoisotopic (exact) mass is 380 g/mol. The van der Waals surface area contributed by atoms with Crippen molar-refractivity contribution in [1.29, 1.82) is 5.26 Å². The van der Waals surface area contributed by atoms with Crippen LogP contribution in [0.25, 0.3) is 0 Å². The average Bonchev–Trinajstić information content (AvgIpc) is 2.73. The Morgan fingerprint density at radius 2 is 1.75 bits per heavy atom. The summed E-state index contributed by atoms with van der Waals surface area (Å²) in [6.45, 7) is 8.67. The molecule has 1 aromatic heterocycles. The first kappa shape index (κ1) is 18.7. The highest BCUT2D eigenvalue weighted by atomic mass is 19.1. The van der Waals surface area contributed by atoms with Crippen molar-refractivity contribution in [3.63, 3.8) is 0 Å². The number of nitrogens with zero attached hydrogens (tertiary/aromatic N) is 4. The third-order valence-corrected chi connectivity index (χ3v) is 5.60. The number of pyridine rings is 1. The highest BCUT2D eigenvalue weighted by Gasteiger charge is 2.28. The first-order valence-corrected chi connectivity index (χ1v) is 9.87. The second kappa shape index (κ2) is 7.76. The lowest BCUT2D eigenvalue weighted by Crippen LogP contribution is -2.47. The van der Waals surface area contributed by atoms with Gasteiger partial charge in [-0.25, -0.2) is 9.37 Å². The Kier molecular flexibility index (Phi) is 5.19. The molecule has 0 bridgehead atoms. The van der Waals surface area contributed by atoms with Gasteiger partial charge in [-0.3, -0.25) is 0 Å². The van der Waals surface area contributed by atoms with Gasteiger partial charge in [-0.2, -0.15) is 5.26 Å². The fourth-order valence-electron chi connectivity index (χ4n) is 4.12. The zero-order valence-electron chi connectivity index (χ0n) is 16.4. The maximum absolute atomic E-state index is 13.2. The summed E-state index contributed by atoms with van der Waals surface area (Å²) < 4.78 is 18.8. The summed E-state index contributed by atoms with van der Waals surface area (Å²) in [4.78, 5) is 9.41. The standard InChI is InChI=1S/C22H25FN4O/c1-15(2)21-20-14-28-12-7-18(20)19(13-24)22(25-21)27-10-8-26(9-11-27)17-5-3-16(23)4-6-17/h3-6,15H,7-12,14H2,1-2H3. The predicted molar refractivity (Wildman–Crippen MR) is 107 cm³/mol. The summed E-state index contributed by atoms with van der Waals surface area (Å²) in [5.41, 5.74) is 5.00. The van der Waals surface area contributed by atoms with Gasteiger partial charge in [0.1, 0.15) is 17.7 Å². The molecule has 2 aliphatic rings. The third-order valence-electron chi connectivity index (χ3n) is 5.60. The Bertz CT molecular complexity index is 896. The zero-order chi connectivity index (χ0) is 19.7. The molecule has 0 amide bonds. The summed E-state index contributed by atoms with van der Waals surface area (Å²) >= 11 is 0. The maximum atomic E-state index is 13.2. The lowest BCUT2D eigenvalue weighted by Gasteiger charge is -2.38. The van der Waals surface area contributed by atoms with Gasteiger partial charge in [0.2, 0.25) is 0 Å². The normalized spacial score (nSPS) is 16.8. The molecule has 1 saturated heterocycles. The van der Waals surface area contributed by atoms with E-state index in [1.807, 2.05) is 12.1 Å². The fourth-order valence-corrected chi connectivity index (χ4v) is 4.12. The van der Waals surface area contributed by atoms with Crippen LogP contribution in [-0.4, -0.2) is 37.8 Å². The van der Waals surface area contributed by atoms with Crippen molar-refractivity contribution in [2.45, 2.75) is 32.8 Å². The molecule has 6 heteroatoms. The molecule has 5 nitrogen and oxygen atoms in total. The van der Waals surface area contributed by atoms with E-state index in [0.717, 1.165) is 60.9 Å². The molecule has 1 fully saturated rings. The Morgan fingerprint density at radius 1 is 1.07 bits per heavy atom. The van der Waals surface area contributed by atoms with Crippen LogP contribution < -0.4 is 9.80 Å². The van der Waals surface area contributed by atoms with Gasteiger partial charge in [0.15, 0.2) is 0 Å². The van der Waals surface area contributed by atoms with Crippen molar-refractivity contribution in [3.8, 4) is 6.07 Å². The van der Waals surface area contributed by atoms with E-state index in [1.165, 1.54) is 12.1 Å². The molecule has 0 radical (unpaired) electrons. The number of fused-ring (bicyclic) bond motifs is 1. The summed E-state index contributed by atoms with van der Waals surface area (Å²) in [5.74, 6) is 0.873.